The Labute approximate surface area is 425 Å². The lowest BCUT2D eigenvalue weighted by atomic mass is 10.0. The minimum Gasteiger partial charge on any atom is -0.482 e. The minimum absolute atomic E-state index is 0.0153. The summed E-state index contributed by atoms with van der Waals surface area (Å²) >= 11 is 13.9. The zero-order chi connectivity index (χ0) is 50.9. The van der Waals surface area contributed by atoms with E-state index in [1.807, 2.05) is 24.8 Å². The van der Waals surface area contributed by atoms with E-state index in [4.69, 9.17) is 33.7 Å². The van der Waals surface area contributed by atoms with E-state index in [-0.39, 0.29) is 69.6 Å². The van der Waals surface area contributed by atoms with Crippen LogP contribution in [0.1, 0.15) is 151 Å². The molecule has 2 fully saturated rings. The Morgan fingerprint density at radius 3 is 2.23 bits per heavy atom. The Morgan fingerprint density at radius 2 is 1.55 bits per heavy atom. The first kappa shape index (κ1) is 52.7. The zero-order valence-corrected chi connectivity index (χ0v) is 42.1. The summed E-state index contributed by atoms with van der Waals surface area (Å²) < 4.78 is 20.0. The summed E-state index contributed by atoms with van der Waals surface area (Å²) in [5.41, 5.74) is 7.53. The number of piperazine rings is 1. The smallest absolute Gasteiger partial charge is 0.276 e. The number of nitrogen functional groups attached to an aromatic ring is 1. The molecule has 2 saturated heterocycles. The molecule has 4 aromatic rings. The molecular weight excluding hydrogens is 975 g/mol. The number of rotatable bonds is 20. The summed E-state index contributed by atoms with van der Waals surface area (Å²) in [6.45, 7) is 6.30. The molecule has 0 radical (unpaired) electrons. The number of fused-ring (bicyclic) bond motifs is 1. The number of imide groups is 2. The highest BCUT2D eigenvalue weighted by Gasteiger charge is 2.45. The number of halogens is 3. The van der Waals surface area contributed by atoms with Gasteiger partial charge in [-0.3, -0.25) is 43.8 Å². The van der Waals surface area contributed by atoms with Crippen LogP contribution in [0.5, 0.6) is 5.75 Å². The summed E-state index contributed by atoms with van der Waals surface area (Å²) in [7, 11) is 0. The molecule has 71 heavy (non-hydrogen) atoms. The second kappa shape index (κ2) is 23.9. The first-order valence-corrected chi connectivity index (χ1v) is 25.7. The van der Waals surface area contributed by atoms with Crippen molar-refractivity contribution in [1.29, 1.82) is 0 Å². The number of carbonyl (C=O) groups is 7. The number of nitrogens with one attached hydrogen (secondary N) is 2. The van der Waals surface area contributed by atoms with Gasteiger partial charge in [0.2, 0.25) is 17.7 Å². The lowest BCUT2D eigenvalue weighted by molar-refractivity contribution is -0.139. The summed E-state index contributed by atoms with van der Waals surface area (Å²) in [5.74, 6) is -2.66. The van der Waals surface area contributed by atoms with Crippen molar-refractivity contribution >= 4 is 87.8 Å². The van der Waals surface area contributed by atoms with Gasteiger partial charge in [-0.15, -0.1) is 22.0 Å². The Hall–Kier alpha value is -6.11. The average Bonchev–Trinajstić information content (AvgIpc) is 3.59. The number of hydrogen-bond acceptors (Lipinski definition) is 12. The molecule has 0 aliphatic carbocycles. The number of nitrogens with zero attached hydrogens (tertiary/aromatic N) is 5. The molecule has 0 spiro atoms. The van der Waals surface area contributed by atoms with Crippen LogP contribution in [0.25, 0.3) is 0 Å². The largest absolute Gasteiger partial charge is 0.482 e. The number of piperidine rings is 1. The molecule has 1 unspecified atom stereocenters. The Bertz CT molecular complexity index is 2680. The molecule has 20 heteroatoms. The van der Waals surface area contributed by atoms with Gasteiger partial charge in [0.15, 0.2) is 17.3 Å². The Balaban J connectivity index is 0.764. The third-order valence-electron chi connectivity index (χ3n) is 12.9. The summed E-state index contributed by atoms with van der Waals surface area (Å²) in [6.07, 6.45) is 9.07. The molecule has 7 amide bonds. The first-order valence-electron chi connectivity index (χ1n) is 24.0. The molecule has 3 aliphatic rings. The lowest BCUT2D eigenvalue weighted by Gasteiger charge is -2.44. The number of amides is 7. The maximum absolute atomic E-state index is 14.1. The topological polar surface area (TPSA) is 214 Å². The van der Waals surface area contributed by atoms with Crippen molar-refractivity contribution < 1.29 is 42.7 Å². The summed E-state index contributed by atoms with van der Waals surface area (Å²) in [5, 5.41) is 12.7. The van der Waals surface area contributed by atoms with Crippen LogP contribution >= 0.6 is 35.0 Å². The van der Waals surface area contributed by atoms with Crippen LogP contribution in [0.4, 0.5) is 15.9 Å². The number of carbonyl (C=O) groups excluding carboxylic acids is 7. The molecule has 4 atom stereocenters. The highest BCUT2D eigenvalue weighted by molar-refractivity contribution is 7.99. The highest BCUT2D eigenvalue weighted by atomic mass is 35.5. The predicted molar refractivity (Wildman–Crippen MR) is 268 cm³/mol. The van der Waals surface area contributed by atoms with Crippen LogP contribution in [-0.4, -0.2) is 103 Å². The van der Waals surface area contributed by atoms with Crippen molar-refractivity contribution in [2.24, 2.45) is 0 Å². The molecule has 0 bridgehead atoms. The van der Waals surface area contributed by atoms with Gasteiger partial charge in [-0.2, -0.15) is 0 Å². The molecule has 376 valence electrons. The number of benzene rings is 3. The number of hydrogen-bond donors (Lipinski definition) is 3. The lowest BCUT2D eigenvalue weighted by Crippen LogP contribution is -2.59. The van der Waals surface area contributed by atoms with Crippen molar-refractivity contribution in [1.82, 2.24) is 30.2 Å². The summed E-state index contributed by atoms with van der Waals surface area (Å²) in [6, 6.07) is 14.2. The SMILES string of the molecule is C[C@@H]1CN(C(=O)c2ccc(NC(=O)c3cc(O[C@H](C)c4c(Cl)ccc(F)c4Cl)c(N)nn3)cc2)C[C@H](C)N1C(=O)CCCCCCCCCCCSc1cccc2c1C(=O)N(C1CCC(=O)NC1=O)C2=O. The van der Waals surface area contributed by atoms with Crippen LogP contribution in [0.2, 0.25) is 10.0 Å². The molecule has 0 saturated carbocycles. The van der Waals surface area contributed by atoms with E-state index in [1.54, 1.807) is 60.0 Å². The van der Waals surface area contributed by atoms with Crippen molar-refractivity contribution in [3.05, 3.63) is 104 Å². The highest BCUT2D eigenvalue weighted by Crippen LogP contribution is 2.37. The van der Waals surface area contributed by atoms with Gasteiger partial charge in [-0.25, -0.2) is 4.39 Å². The third-order valence-corrected chi connectivity index (χ3v) is 14.8. The number of aromatic nitrogens is 2. The number of nitrogens with two attached hydrogens (primary N) is 1. The molecule has 3 aromatic carbocycles. The zero-order valence-electron chi connectivity index (χ0n) is 39.8. The van der Waals surface area contributed by atoms with Crippen molar-refractivity contribution in [2.45, 2.75) is 127 Å². The van der Waals surface area contributed by atoms with E-state index in [9.17, 15) is 38.0 Å². The quantitative estimate of drug-likeness (QED) is 0.0327. The van der Waals surface area contributed by atoms with Crippen molar-refractivity contribution in [3.8, 4) is 5.75 Å². The van der Waals surface area contributed by atoms with Gasteiger partial charge < -0.3 is 25.6 Å². The first-order chi connectivity index (χ1) is 34.0. The van der Waals surface area contributed by atoms with Crippen LogP contribution in [0, 0.1) is 5.82 Å². The third kappa shape index (κ3) is 12.5. The van der Waals surface area contributed by atoms with Crippen LogP contribution in [-0.2, 0) is 14.4 Å². The van der Waals surface area contributed by atoms with Gasteiger partial charge in [0.1, 0.15) is 18.0 Å². The number of anilines is 2. The number of thioether (sulfide) groups is 1. The molecule has 16 nitrogen and oxygen atoms in total. The molecular formula is C51H57Cl2FN8O8S. The molecule has 7 rings (SSSR count). The number of ether oxygens (including phenoxy) is 1. The van der Waals surface area contributed by atoms with E-state index >= 15 is 0 Å². The average molecular weight is 1030 g/mol. The van der Waals surface area contributed by atoms with Crippen molar-refractivity contribution in [3.63, 3.8) is 0 Å². The summed E-state index contributed by atoms with van der Waals surface area (Å²) in [4.78, 5) is 96.1. The predicted octanol–water partition coefficient (Wildman–Crippen LogP) is 9.05. The van der Waals surface area contributed by atoms with E-state index in [0.717, 1.165) is 79.4 Å². The maximum atomic E-state index is 14.1. The van der Waals surface area contributed by atoms with Gasteiger partial charge in [-0.05, 0) is 94.3 Å². The molecule has 3 aliphatic heterocycles. The monoisotopic (exact) mass is 1030 g/mol. The van der Waals surface area contributed by atoms with Crippen LogP contribution in [0.3, 0.4) is 0 Å². The molecule has 4 heterocycles. The normalized spacial score (nSPS) is 18.3. The fraction of sp³-hybridized carbons (Fsp3) is 0.431. The van der Waals surface area contributed by atoms with Crippen LogP contribution < -0.4 is 21.1 Å². The molecule has 1 aromatic heterocycles. The van der Waals surface area contributed by atoms with Crippen LogP contribution in [0.15, 0.2) is 65.6 Å². The van der Waals surface area contributed by atoms with E-state index in [0.29, 0.717) is 41.9 Å². The Morgan fingerprint density at radius 1 is 0.887 bits per heavy atom. The van der Waals surface area contributed by atoms with E-state index in [2.05, 4.69) is 20.8 Å². The minimum atomic E-state index is -0.983. The Kier molecular flexibility index (Phi) is 17.7. The van der Waals surface area contributed by atoms with Gasteiger partial charge in [-0.1, -0.05) is 74.2 Å². The van der Waals surface area contributed by atoms with Gasteiger partial charge >= 0.3 is 0 Å². The fourth-order valence-corrected chi connectivity index (χ4v) is 11.1. The van der Waals surface area contributed by atoms with Gasteiger partial charge in [0, 0.05) is 70.8 Å². The van der Waals surface area contributed by atoms with E-state index in [1.165, 1.54) is 12.1 Å². The maximum Gasteiger partial charge on any atom is 0.276 e. The second-order valence-corrected chi connectivity index (χ2v) is 20.1. The second-order valence-electron chi connectivity index (χ2n) is 18.1. The molecule has 4 N–H and O–H groups in total. The van der Waals surface area contributed by atoms with Crippen molar-refractivity contribution in [2.75, 3.05) is 29.9 Å². The standard InChI is InChI=1S/C51H57Cl2FN8O8S/c1-29-27-60(49(67)32-17-19-33(20-18-32)56-47(65)37-26-39(46(55)59-58-37)70-31(3)43-35(52)21-22-36(54)45(43)53)28-30(2)61(29)42(64)16-11-9-7-5-4-6-8-10-12-25-71-40-15-13-14-34-44(40)51(69)62(50(34)68)38-23-24-41(63)57-48(38)66/h13-15,17-22,26,29-31,38H,4-12,16,23-25,27-28H2,1-3H3,(H2,55,59)(H,56,65)(H,57,63,66)/t29-,30+,31-,38?/m1/s1. The fourth-order valence-electron chi connectivity index (χ4n) is 9.34. The van der Waals surface area contributed by atoms with Gasteiger partial charge in [0.05, 0.1) is 16.1 Å². The van der Waals surface area contributed by atoms with E-state index < -0.39 is 47.5 Å². The number of unbranched alkanes of at least 4 members (excludes halogenated alkanes) is 8. The van der Waals surface area contributed by atoms with Gasteiger partial charge in [0.25, 0.3) is 23.6 Å².